The molecule has 2 rings (SSSR count). The van der Waals surface area contributed by atoms with E-state index in [0.29, 0.717) is 21.9 Å². The van der Waals surface area contributed by atoms with E-state index in [0.717, 1.165) is 4.90 Å². The summed E-state index contributed by atoms with van der Waals surface area (Å²) in [5.74, 6) is -0.00192. The first kappa shape index (κ1) is 14.1. The molecule has 0 spiro atoms. The standard InChI is InChI=1S/C15H12ClFOS/c1-10-7-11(5-6-14(10)17)15(18)9-19-13-4-2-3-12(16)8-13/h2-8H,9H2,1H3. The molecule has 4 heteroatoms. The summed E-state index contributed by atoms with van der Waals surface area (Å²) in [5.41, 5.74) is 1.02. The van der Waals surface area contributed by atoms with Gasteiger partial charge >= 0.3 is 0 Å². The summed E-state index contributed by atoms with van der Waals surface area (Å²) < 4.78 is 13.1. The maximum Gasteiger partial charge on any atom is 0.173 e. The first-order valence-corrected chi connectivity index (χ1v) is 7.10. The van der Waals surface area contributed by atoms with Crippen LogP contribution in [0.2, 0.25) is 5.02 Å². The maximum atomic E-state index is 13.1. The highest BCUT2D eigenvalue weighted by atomic mass is 35.5. The number of halogens is 2. The molecule has 1 nitrogen and oxygen atoms in total. The molecule has 0 bridgehead atoms. The van der Waals surface area contributed by atoms with E-state index >= 15 is 0 Å². The third kappa shape index (κ3) is 3.82. The lowest BCUT2D eigenvalue weighted by atomic mass is 10.1. The van der Waals surface area contributed by atoms with Gasteiger partial charge in [0.2, 0.25) is 0 Å². The second-order valence-corrected chi connectivity index (χ2v) is 5.62. The maximum absolute atomic E-state index is 13.1. The highest BCUT2D eigenvalue weighted by molar-refractivity contribution is 8.00. The Kier molecular flexibility index (Phi) is 4.61. The number of ketones is 1. The van der Waals surface area contributed by atoms with Gasteiger partial charge in [-0.2, -0.15) is 0 Å². The van der Waals surface area contributed by atoms with Crippen molar-refractivity contribution >= 4 is 29.1 Å². The van der Waals surface area contributed by atoms with Crippen LogP contribution >= 0.6 is 23.4 Å². The molecule has 0 saturated heterocycles. The van der Waals surface area contributed by atoms with Gasteiger partial charge in [-0.25, -0.2) is 4.39 Å². The third-order valence-electron chi connectivity index (χ3n) is 2.65. The first-order chi connectivity index (χ1) is 9.06. The Bertz CT molecular complexity index is 613. The monoisotopic (exact) mass is 294 g/mol. The molecule has 0 radical (unpaired) electrons. The van der Waals surface area contributed by atoms with Crippen LogP contribution in [0.1, 0.15) is 15.9 Å². The fourth-order valence-electron chi connectivity index (χ4n) is 1.61. The van der Waals surface area contributed by atoms with Crippen LogP contribution in [0.25, 0.3) is 0 Å². The van der Waals surface area contributed by atoms with Crippen LogP contribution in [0.15, 0.2) is 47.4 Å². The van der Waals surface area contributed by atoms with Crippen molar-refractivity contribution in [3.8, 4) is 0 Å². The average Bonchev–Trinajstić information content (AvgIpc) is 2.39. The van der Waals surface area contributed by atoms with Gasteiger partial charge < -0.3 is 0 Å². The van der Waals surface area contributed by atoms with Gasteiger partial charge in [-0.1, -0.05) is 17.7 Å². The molecule has 0 heterocycles. The van der Waals surface area contributed by atoms with E-state index in [1.165, 1.54) is 23.9 Å². The quantitative estimate of drug-likeness (QED) is 0.597. The molecule has 2 aromatic carbocycles. The number of hydrogen-bond acceptors (Lipinski definition) is 2. The number of benzene rings is 2. The molecule has 0 aliphatic rings. The van der Waals surface area contributed by atoms with Gasteiger partial charge in [0.25, 0.3) is 0 Å². The summed E-state index contributed by atoms with van der Waals surface area (Å²) in [6.07, 6.45) is 0. The Balaban J connectivity index is 2.03. The van der Waals surface area contributed by atoms with E-state index in [1.807, 2.05) is 18.2 Å². The molecule has 2 aromatic rings. The zero-order valence-electron chi connectivity index (χ0n) is 10.3. The number of carbonyl (C=O) groups is 1. The number of thioether (sulfide) groups is 1. The number of hydrogen-bond donors (Lipinski definition) is 0. The molecule has 0 aromatic heterocycles. The lowest BCUT2D eigenvalue weighted by Gasteiger charge is -2.04. The van der Waals surface area contributed by atoms with E-state index in [-0.39, 0.29) is 11.6 Å². The van der Waals surface area contributed by atoms with Crippen LogP contribution in [0.5, 0.6) is 0 Å². The summed E-state index contributed by atoms with van der Waals surface area (Å²) in [7, 11) is 0. The Morgan fingerprint density at radius 1 is 1.26 bits per heavy atom. The van der Waals surface area contributed by atoms with Crippen molar-refractivity contribution in [1.29, 1.82) is 0 Å². The zero-order valence-corrected chi connectivity index (χ0v) is 11.9. The van der Waals surface area contributed by atoms with Gasteiger partial charge in [-0.15, -0.1) is 11.8 Å². The summed E-state index contributed by atoms with van der Waals surface area (Å²) in [6, 6.07) is 11.8. The number of carbonyl (C=O) groups excluding carboxylic acids is 1. The molecule has 0 aliphatic carbocycles. The molecule has 19 heavy (non-hydrogen) atoms. The van der Waals surface area contributed by atoms with Gasteiger partial charge in [0.15, 0.2) is 5.78 Å². The SMILES string of the molecule is Cc1cc(C(=O)CSc2cccc(Cl)c2)ccc1F. The fraction of sp³-hybridized carbons (Fsp3) is 0.133. The van der Waals surface area contributed by atoms with Gasteiger partial charge in [-0.05, 0) is 48.9 Å². The van der Waals surface area contributed by atoms with Gasteiger partial charge in [0.1, 0.15) is 5.82 Å². The largest absolute Gasteiger partial charge is 0.293 e. The van der Waals surface area contributed by atoms with Crippen LogP contribution < -0.4 is 0 Å². The van der Waals surface area contributed by atoms with Crippen molar-refractivity contribution in [2.45, 2.75) is 11.8 Å². The number of rotatable bonds is 4. The molecule has 0 saturated carbocycles. The van der Waals surface area contributed by atoms with Crippen molar-refractivity contribution in [2.75, 3.05) is 5.75 Å². The Morgan fingerprint density at radius 3 is 2.74 bits per heavy atom. The summed E-state index contributed by atoms with van der Waals surface area (Å²) in [6.45, 7) is 1.65. The molecule has 0 amide bonds. The number of Topliss-reactive ketones (excluding diaryl/α,β-unsaturated/α-hetero) is 1. The van der Waals surface area contributed by atoms with Crippen LogP contribution in [0.3, 0.4) is 0 Å². The van der Waals surface area contributed by atoms with Crippen LogP contribution in [-0.2, 0) is 0 Å². The minimum atomic E-state index is -0.293. The van der Waals surface area contributed by atoms with Gasteiger partial charge in [0, 0.05) is 15.5 Å². The smallest absolute Gasteiger partial charge is 0.173 e. The lowest BCUT2D eigenvalue weighted by Crippen LogP contribution is -2.03. The van der Waals surface area contributed by atoms with Crippen LogP contribution in [0, 0.1) is 12.7 Å². The average molecular weight is 295 g/mol. The van der Waals surface area contributed by atoms with Gasteiger partial charge in [0.05, 0.1) is 5.75 Å². The molecular weight excluding hydrogens is 283 g/mol. The topological polar surface area (TPSA) is 17.1 Å². The molecular formula is C15H12ClFOS. The highest BCUT2D eigenvalue weighted by Gasteiger charge is 2.08. The summed E-state index contributed by atoms with van der Waals surface area (Å²) in [5, 5.41) is 0.648. The first-order valence-electron chi connectivity index (χ1n) is 5.74. The summed E-state index contributed by atoms with van der Waals surface area (Å²) in [4.78, 5) is 12.9. The van der Waals surface area contributed by atoms with Crippen molar-refractivity contribution in [3.63, 3.8) is 0 Å². The molecule has 0 N–H and O–H groups in total. The van der Waals surface area contributed by atoms with E-state index in [2.05, 4.69) is 0 Å². The summed E-state index contributed by atoms with van der Waals surface area (Å²) >= 11 is 7.30. The minimum absolute atomic E-state index is 0.0203. The normalized spacial score (nSPS) is 10.5. The fourth-order valence-corrected chi connectivity index (χ4v) is 2.71. The number of aryl methyl sites for hydroxylation is 1. The van der Waals surface area contributed by atoms with Crippen LogP contribution in [0.4, 0.5) is 4.39 Å². The van der Waals surface area contributed by atoms with Gasteiger partial charge in [-0.3, -0.25) is 4.79 Å². The van der Waals surface area contributed by atoms with Crippen molar-refractivity contribution in [3.05, 3.63) is 64.4 Å². The minimum Gasteiger partial charge on any atom is -0.293 e. The molecule has 98 valence electrons. The molecule has 0 aliphatic heterocycles. The van der Waals surface area contributed by atoms with Crippen molar-refractivity contribution in [2.24, 2.45) is 0 Å². The Morgan fingerprint density at radius 2 is 2.05 bits per heavy atom. The molecule has 0 fully saturated rings. The predicted molar refractivity (Wildman–Crippen MR) is 77.6 cm³/mol. The second kappa shape index (κ2) is 6.22. The second-order valence-electron chi connectivity index (χ2n) is 4.13. The van der Waals surface area contributed by atoms with Crippen LogP contribution in [-0.4, -0.2) is 11.5 Å². The Hall–Kier alpha value is -1.32. The Labute approximate surface area is 120 Å². The highest BCUT2D eigenvalue weighted by Crippen LogP contribution is 2.22. The van der Waals surface area contributed by atoms with E-state index in [4.69, 9.17) is 11.6 Å². The molecule has 0 atom stereocenters. The third-order valence-corrected chi connectivity index (χ3v) is 3.87. The van der Waals surface area contributed by atoms with E-state index in [9.17, 15) is 9.18 Å². The van der Waals surface area contributed by atoms with Crippen molar-refractivity contribution < 1.29 is 9.18 Å². The van der Waals surface area contributed by atoms with Crippen molar-refractivity contribution in [1.82, 2.24) is 0 Å². The van der Waals surface area contributed by atoms with E-state index < -0.39 is 0 Å². The lowest BCUT2D eigenvalue weighted by molar-refractivity contribution is 0.102. The predicted octanol–water partition coefficient (Wildman–Crippen LogP) is 4.76. The zero-order chi connectivity index (χ0) is 13.8. The molecule has 0 unspecified atom stereocenters. The van der Waals surface area contributed by atoms with E-state index in [1.54, 1.807) is 19.1 Å².